The van der Waals surface area contributed by atoms with Gasteiger partial charge in [-0.2, -0.15) is 0 Å². The van der Waals surface area contributed by atoms with Crippen molar-refractivity contribution in [1.82, 2.24) is 5.32 Å². The smallest absolute Gasteiger partial charge is 0.335 e. The number of amides is 1. The molecule has 2 N–H and O–H groups in total. The average molecular weight is 304 g/mol. The Morgan fingerprint density at radius 3 is 2.57 bits per heavy atom. The molecule has 4 nitrogen and oxygen atoms in total. The number of carbonyl (C=O) groups excluding carboxylic acids is 1. The van der Waals surface area contributed by atoms with Gasteiger partial charge in [0.2, 0.25) is 0 Å². The number of carboxylic acid groups (broad SMARTS) is 1. The van der Waals surface area contributed by atoms with Crippen molar-refractivity contribution in [2.75, 3.05) is 0 Å². The predicted octanol–water partition coefficient (Wildman–Crippen LogP) is 3.28. The van der Waals surface area contributed by atoms with Crippen LogP contribution < -0.4 is 5.32 Å². The first kappa shape index (κ1) is 15.1. The minimum atomic E-state index is -0.992. The van der Waals surface area contributed by atoms with E-state index in [1.54, 1.807) is 30.3 Å². The summed E-state index contributed by atoms with van der Waals surface area (Å²) in [6, 6.07) is 11.6. The first-order chi connectivity index (χ1) is 9.95. The van der Waals surface area contributed by atoms with Crippen LogP contribution in [0.5, 0.6) is 0 Å². The Hall–Kier alpha value is -2.33. The van der Waals surface area contributed by atoms with E-state index in [1.807, 2.05) is 6.92 Å². The molecule has 2 aromatic carbocycles. The highest BCUT2D eigenvalue weighted by molar-refractivity contribution is 6.31. The Morgan fingerprint density at radius 1 is 1.14 bits per heavy atom. The second kappa shape index (κ2) is 6.41. The minimum absolute atomic E-state index is 0.195. The minimum Gasteiger partial charge on any atom is -0.478 e. The molecule has 2 rings (SSSR count). The number of halogens is 1. The zero-order valence-electron chi connectivity index (χ0n) is 11.4. The number of carbonyl (C=O) groups is 2. The molecule has 21 heavy (non-hydrogen) atoms. The molecule has 0 unspecified atom stereocenters. The van der Waals surface area contributed by atoms with Crippen LogP contribution in [-0.4, -0.2) is 17.0 Å². The van der Waals surface area contributed by atoms with Gasteiger partial charge in [0.25, 0.3) is 5.91 Å². The van der Waals surface area contributed by atoms with Gasteiger partial charge in [-0.05, 0) is 48.4 Å². The summed E-state index contributed by atoms with van der Waals surface area (Å²) < 4.78 is 0. The van der Waals surface area contributed by atoms with Crippen LogP contribution in [0.2, 0.25) is 5.02 Å². The monoisotopic (exact) mass is 303 g/mol. The molecule has 0 aromatic heterocycles. The summed E-state index contributed by atoms with van der Waals surface area (Å²) in [5.41, 5.74) is 2.30. The fourth-order valence-electron chi connectivity index (χ4n) is 1.97. The van der Waals surface area contributed by atoms with Gasteiger partial charge in [0.1, 0.15) is 0 Å². The van der Waals surface area contributed by atoms with Crippen molar-refractivity contribution >= 4 is 23.5 Å². The van der Waals surface area contributed by atoms with Gasteiger partial charge in [0.15, 0.2) is 0 Å². The molecule has 1 amide bonds. The lowest BCUT2D eigenvalue weighted by molar-refractivity contribution is 0.0696. The highest BCUT2D eigenvalue weighted by Gasteiger charge is 2.08. The normalized spacial score (nSPS) is 10.2. The molecular formula is C16H14ClNO3. The van der Waals surface area contributed by atoms with Crippen LogP contribution in [0.15, 0.2) is 42.5 Å². The molecule has 0 aliphatic carbocycles. The maximum Gasteiger partial charge on any atom is 0.335 e. The number of hydrogen-bond donors (Lipinski definition) is 2. The third-order valence-corrected chi connectivity index (χ3v) is 3.15. The maximum atomic E-state index is 12.1. The number of nitrogens with one attached hydrogen (secondary N) is 1. The van der Waals surface area contributed by atoms with Crippen molar-refractivity contribution in [2.45, 2.75) is 13.5 Å². The highest BCUT2D eigenvalue weighted by atomic mass is 35.5. The number of aryl methyl sites for hydroxylation is 1. The molecule has 2 aromatic rings. The topological polar surface area (TPSA) is 66.4 Å². The maximum absolute atomic E-state index is 12.1. The molecule has 5 heteroatoms. The van der Waals surface area contributed by atoms with Crippen LogP contribution in [0, 0.1) is 6.92 Å². The molecule has 0 saturated carbocycles. The summed E-state index contributed by atoms with van der Waals surface area (Å²) in [7, 11) is 0. The Bertz CT molecular complexity index is 677. The molecule has 0 atom stereocenters. The average Bonchev–Trinajstić information content (AvgIpc) is 2.44. The molecule has 0 radical (unpaired) electrons. The van der Waals surface area contributed by atoms with Gasteiger partial charge in [-0.3, -0.25) is 4.79 Å². The fraction of sp³-hybridized carbons (Fsp3) is 0.125. The van der Waals surface area contributed by atoms with Crippen LogP contribution in [0.3, 0.4) is 0 Å². The van der Waals surface area contributed by atoms with Gasteiger partial charge in [-0.25, -0.2) is 4.79 Å². The molecule has 0 saturated heterocycles. The Labute approximate surface area is 127 Å². The molecule has 0 bridgehead atoms. The zero-order valence-corrected chi connectivity index (χ0v) is 12.1. The van der Waals surface area contributed by atoms with E-state index < -0.39 is 5.97 Å². The number of benzene rings is 2. The summed E-state index contributed by atoms with van der Waals surface area (Å²) in [5.74, 6) is -1.24. The van der Waals surface area contributed by atoms with Crippen LogP contribution in [0.1, 0.15) is 31.8 Å². The lowest BCUT2D eigenvalue weighted by Gasteiger charge is -2.07. The van der Waals surface area contributed by atoms with E-state index in [1.165, 1.54) is 12.1 Å². The van der Waals surface area contributed by atoms with Crippen LogP contribution in [0.4, 0.5) is 0 Å². The third-order valence-electron chi connectivity index (χ3n) is 2.93. The summed E-state index contributed by atoms with van der Waals surface area (Å²) in [5, 5.41) is 12.2. The van der Waals surface area contributed by atoms with E-state index >= 15 is 0 Å². The molecular weight excluding hydrogens is 290 g/mol. The quantitative estimate of drug-likeness (QED) is 0.911. The van der Waals surface area contributed by atoms with Gasteiger partial charge in [0, 0.05) is 17.1 Å². The van der Waals surface area contributed by atoms with E-state index in [0.29, 0.717) is 10.6 Å². The standard InChI is InChI=1S/C16H14ClNO3/c1-10-5-13(8-14(17)6-10)15(19)18-9-11-3-2-4-12(7-11)16(20)21/h2-8H,9H2,1H3,(H,18,19)(H,20,21). The molecule has 0 heterocycles. The van der Waals surface area contributed by atoms with Crippen molar-refractivity contribution in [3.8, 4) is 0 Å². The van der Waals surface area contributed by atoms with Gasteiger partial charge >= 0.3 is 5.97 Å². The second-order valence-electron chi connectivity index (χ2n) is 4.71. The summed E-state index contributed by atoms with van der Waals surface area (Å²) in [6.45, 7) is 2.12. The molecule has 108 valence electrons. The number of aromatic carboxylic acids is 1. The zero-order chi connectivity index (χ0) is 15.4. The highest BCUT2D eigenvalue weighted by Crippen LogP contribution is 2.14. The van der Waals surface area contributed by atoms with Crippen LogP contribution >= 0.6 is 11.6 Å². The molecule has 0 aliphatic rings. The van der Waals surface area contributed by atoms with Crippen LogP contribution in [0.25, 0.3) is 0 Å². The van der Waals surface area contributed by atoms with Crippen molar-refractivity contribution in [3.63, 3.8) is 0 Å². The van der Waals surface area contributed by atoms with E-state index in [9.17, 15) is 9.59 Å². The van der Waals surface area contributed by atoms with E-state index in [4.69, 9.17) is 16.7 Å². The van der Waals surface area contributed by atoms with E-state index in [-0.39, 0.29) is 18.0 Å². The van der Waals surface area contributed by atoms with Crippen LogP contribution in [-0.2, 0) is 6.54 Å². The summed E-state index contributed by atoms with van der Waals surface area (Å²) >= 11 is 5.92. The largest absolute Gasteiger partial charge is 0.478 e. The van der Waals surface area contributed by atoms with Crippen molar-refractivity contribution in [3.05, 3.63) is 69.7 Å². The lowest BCUT2D eigenvalue weighted by Crippen LogP contribution is -2.23. The summed E-state index contributed by atoms with van der Waals surface area (Å²) in [4.78, 5) is 22.9. The SMILES string of the molecule is Cc1cc(Cl)cc(C(=O)NCc2cccc(C(=O)O)c2)c1. The van der Waals surface area contributed by atoms with Crippen molar-refractivity contribution in [1.29, 1.82) is 0 Å². The molecule has 0 spiro atoms. The van der Waals surface area contributed by atoms with E-state index in [2.05, 4.69) is 5.32 Å². The first-order valence-corrected chi connectivity index (χ1v) is 6.71. The van der Waals surface area contributed by atoms with Gasteiger partial charge < -0.3 is 10.4 Å². The van der Waals surface area contributed by atoms with E-state index in [0.717, 1.165) is 11.1 Å². The number of carboxylic acids is 1. The van der Waals surface area contributed by atoms with Crippen molar-refractivity contribution < 1.29 is 14.7 Å². The molecule has 0 fully saturated rings. The number of rotatable bonds is 4. The van der Waals surface area contributed by atoms with Gasteiger partial charge in [0.05, 0.1) is 5.56 Å². The molecule has 0 aliphatic heterocycles. The fourth-order valence-corrected chi connectivity index (χ4v) is 2.26. The lowest BCUT2D eigenvalue weighted by atomic mass is 10.1. The number of hydrogen-bond acceptors (Lipinski definition) is 2. The Kier molecular flexibility index (Phi) is 4.60. The Balaban J connectivity index is 2.07. The Morgan fingerprint density at radius 2 is 1.90 bits per heavy atom. The van der Waals surface area contributed by atoms with Crippen molar-refractivity contribution in [2.24, 2.45) is 0 Å². The summed E-state index contributed by atoms with van der Waals surface area (Å²) in [6.07, 6.45) is 0. The van der Waals surface area contributed by atoms with Gasteiger partial charge in [-0.15, -0.1) is 0 Å². The third kappa shape index (κ3) is 4.07. The second-order valence-corrected chi connectivity index (χ2v) is 5.14. The first-order valence-electron chi connectivity index (χ1n) is 6.33. The van der Waals surface area contributed by atoms with Gasteiger partial charge in [-0.1, -0.05) is 23.7 Å². The predicted molar refractivity (Wildman–Crippen MR) is 80.8 cm³/mol.